The van der Waals surface area contributed by atoms with Gasteiger partial charge >= 0.3 is 0 Å². The average molecular weight is 374 g/mol. The van der Waals surface area contributed by atoms with Crippen molar-refractivity contribution in [3.05, 3.63) is 71.7 Å². The van der Waals surface area contributed by atoms with Crippen LogP contribution in [0.15, 0.2) is 59.1 Å². The van der Waals surface area contributed by atoms with Crippen molar-refractivity contribution >= 4 is 16.8 Å². The molecule has 0 atom stereocenters. The minimum absolute atomic E-state index is 0.0181. The number of fused-ring (bicyclic) bond motifs is 1. The number of carbonyl (C=O) groups excluding carboxylic acids is 1. The number of nitrogens with zero attached hydrogens (tertiary/aromatic N) is 2. The van der Waals surface area contributed by atoms with E-state index in [1.54, 1.807) is 0 Å². The average Bonchev–Trinajstić information content (AvgIpc) is 3.34. The molecule has 0 saturated heterocycles. The standard InChI is InChI=1S/C22H22N4O2/c1-15-6-2-3-7-17(15)22-26-25-21(28-22)11-10-20(27)23-13-12-16-14-24-19-9-5-4-8-18(16)19/h2-9,14,24H,10-13H2,1H3,(H,23,27). The maximum atomic E-state index is 12.1. The number of para-hydroxylation sites is 1. The van der Waals surface area contributed by atoms with Crippen LogP contribution in [0, 0.1) is 6.92 Å². The van der Waals surface area contributed by atoms with Crippen molar-refractivity contribution in [1.29, 1.82) is 0 Å². The molecule has 2 heterocycles. The summed E-state index contributed by atoms with van der Waals surface area (Å²) in [5.41, 5.74) is 4.32. The molecule has 6 nitrogen and oxygen atoms in total. The molecule has 0 aliphatic carbocycles. The van der Waals surface area contributed by atoms with Gasteiger partial charge in [-0.05, 0) is 36.6 Å². The lowest BCUT2D eigenvalue weighted by molar-refractivity contribution is -0.121. The van der Waals surface area contributed by atoms with Crippen LogP contribution >= 0.6 is 0 Å². The summed E-state index contributed by atoms with van der Waals surface area (Å²) in [5.74, 6) is 0.952. The number of aromatic amines is 1. The SMILES string of the molecule is Cc1ccccc1-c1nnc(CCC(=O)NCCc2c[nH]c3ccccc23)o1. The molecule has 2 N–H and O–H groups in total. The minimum atomic E-state index is -0.0181. The first-order valence-electron chi connectivity index (χ1n) is 9.41. The zero-order valence-corrected chi connectivity index (χ0v) is 15.7. The molecular weight excluding hydrogens is 352 g/mol. The van der Waals surface area contributed by atoms with Gasteiger partial charge in [-0.25, -0.2) is 0 Å². The summed E-state index contributed by atoms with van der Waals surface area (Å²) in [6, 6.07) is 16.0. The van der Waals surface area contributed by atoms with Gasteiger partial charge in [0.25, 0.3) is 0 Å². The molecule has 0 bridgehead atoms. The number of aromatic nitrogens is 3. The van der Waals surface area contributed by atoms with Crippen LogP contribution in [0.1, 0.15) is 23.4 Å². The van der Waals surface area contributed by atoms with Gasteiger partial charge in [0, 0.05) is 42.0 Å². The number of rotatable bonds is 7. The topological polar surface area (TPSA) is 83.8 Å². The van der Waals surface area contributed by atoms with E-state index in [9.17, 15) is 4.79 Å². The fraction of sp³-hybridized carbons (Fsp3) is 0.227. The summed E-state index contributed by atoms with van der Waals surface area (Å²) >= 11 is 0. The Balaban J connectivity index is 1.26. The van der Waals surface area contributed by atoms with Gasteiger partial charge in [0.2, 0.25) is 17.7 Å². The number of amides is 1. The fourth-order valence-electron chi connectivity index (χ4n) is 3.26. The normalized spacial score (nSPS) is 11.0. The number of aryl methyl sites for hydroxylation is 2. The Morgan fingerprint density at radius 2 is 1.89 bits per heavy atom. The van der Waals surface area contributed by atoms with E-state index >= 15 is 0 Å². The molecule has 6 heteroatoms. The summed E-state index contributed by atoms with van der Waals surface area (Å²) in [6.07, 6.45) is 3.54. The lowest BCUT2D eigenvalue weighted by Gasteiger charge is -2.04. The highest BCUT2D eigenvalue weighted by atomic mass is 16.4. The van der Waals surface area contributed by atoms with Gasteiger partial charge in [0.1, 0.15) is 0 Å². The highest BCUT2D eigenvalue weighted by Gasteiger charge is 2.12. The van der Waals surface area contributed by atoms with Crippen molar-refractivity contribution < 1.29 is 9.21 Å². The molecule has 0 unspecified atom stereocenters. The first kappa shape index (κ1) is 18.0. The van der Waals surface area contributed by atoms with E-state index < -0.39 is 0 Å². The van der Waals surface area contributed by atoms with Gasteiger partial charge in [-0.1, -0.05) is 36.4 Å². The molecule has 0 fully saturated rings. The maximum Gasteiger partial charge on any atom is 0.247 e. The lowest BCUT2D eigenvalue weighted by atomic mass is 10.1. The van der Waals surface area contributed by atoms with Crippen LogP contribution in [-0.2, 0) is 17.6 Å². The largest absolute Gasteiger partial charge is 0.421 e. The second-order valence-electron chi connectivity index (χ2n) is 6.78. The van der Waals surface area contributed by atoms with Crippen molar-refractivity contribution in [2.45, 2.75) is 26.2 Å². The zero-order chi connectivity index (χ0) is 19.3. The highest BCUT2D eigenvalue weighted by Crippen LogP contribution is 2.22. The van der Waals surface area contributed by atoms with E-state index in [2.05, 4.69) is 26.6 Å². The maximum absolute atomic E-state index is 12.1. The molecule has 28 heavy (non-hydrogen) atoms. The van der Waals surface area contributed by atoms with E-state index in [4.69, 9.17) is 4.42 Å². The Hall–Kier alpha value is -3.41. The third kappa shape index (κ3) is 3.96. The van der Waals surface area contributed by atoms with Gasteiger partial charge in [-0.3, -0.25) is 4.79 Å². The predicted molar refractivity (Wildman–Crippen MR) is 108 cm³/mol. The van der Waals surface area contributed by atoms with E-state index in [0.717, 1.165) is 23.1 Å². The number of carbonyl (C=O) groups is 1. The van der Waals surface area contributed by atoms with Gasteiger partial charge in [-0.2, -0.15) is 0 Å². The number of nitrogens with one attached hydrogen (secondary N) is 2. The van der Waals surface area contributed by atoms with Crippen molar-refractivity contribution in [3.8, 4) is 11.5 Å². The van der Waals surface area contributed by atoms with Crippen LogP contribution in [0.5, 0.6) is 0 Å². The summed E-state index contributed by atoms with van der Waals surface area (Å²) in [5, 5.41) is 12.3. The van der Waals surface area contributed by atoms with E-state index in [1.165, 1.54) is 10.9 Å². The van der Waals surface area contributed by atoms with Crippen molar-refractivity contribution in [2.75, 3.05) is 6.54 Å². The molecule has 0 spiro atoms. The van der Waals surface area contributed by atoms with Gasteiger partial charge < -0.3 is 14.7 Å². The first-order chi connectivity index (χ1) is 13.7. The molecule has 0 radical (unpaired) electrons. The third-order valence-corrected chi connectivity index (χ3v) is 4.80. The summed E-state index contributed by atoms with van der Waals surface area (Å²) in [6.45, 7) is 2.60. The van der Waals surface area contributed by atoms with Crippen molar-refractivity contribution in [2.24, 2.45) is 0 Å². The third-order valence-electron chi connectivity index (χ3n) is 4.80. The van der Waals surface area contributed by atoms with Gasteiger partial charge in [0.05, 0.1) is 0 Å². The van der Waals surface area contributed by atoms with Crippen LogP contribution in [0.3, 0.4) is 0 Å². The molecule has 142 valence electrons. The van der Waals surface area contributed by atoms with E-state index in [1.807, 2.05) is 55.6 Å². The first-order valence-corrected chi connectivity index (χ1v) is 9.41. The number of H-pyrrole nitrogens is 1. The number of hydrogen-bond acceptors (Lipinski definition) is 4. The van der Waals surface area contributed by atoms with Crippen LogP contribution < -0.4 is 5.32 Å². The van der Waals surface area contributed by atoms with E-state index in [-0.39, 0.29) is 5.91 Å². The molecular formula is C22H22N4O2. The number of benzene rings is 2. The molecule has 2 aromatic carbocycles. The zero-order valence-electron chi connectivity index (χ0n) is 15.7. The van der Waals surface area contributed by atoms with Crippen LogP contribution in [-0.4, -0.2) is 27.6 Å². The molecule has 4 rings (SSSR count). The number of hydrogen-bond donors (Lipinski definition) is 2. The molecule has 0 aliphatic heterocycles. The van der Waals surface area contributed by atoms with E-state index in [0.29, 0.717) is 31.2 Å². The molecule has 4 aromatic rings. The predicted octanol–water partition coefficient (Wildman–Crippen LogP) is 3.82. The second kappa shape index (κ2) is 8.08. The van der Waals surface area contributed by atoms with Gasteiger partial charge in [0.15, 0.2) is 0 Å². The second-order valence-corrected chi connectivity index (χ2v) is 6.78. The quantitative estimate of drug-likeness (QED) is 0.515. The van der Waals surface area contributed by atoms with Crippen LogP contribution in [0.2, 0.25) is 0 Å². The summed E-state index contributed by atoms with van der Waals surface area (Å²) in [4.78, 5) is 15.4. The summed E-state index contributed by atoms with van der Waals surface area (Å²) < 4.78 is 5.71. The lowest BCUT2D eigenvalue weighted by Crippen LogP contribution is -2.25. The molecule has 2 aromatic heterocycles. The Bertz CT molecular complexity index is 1100. The monoisotopic (exact) mass is 374 g/mol. The Kier molecular flexibility index (Phi) is 5.19. The highest BCUT2D eigenvalue weighted by molar-refractivity contribution is 5.83. The van der Waals surface area contributed by atoms with Crippen molar-refractivity contribution in [3.63, 3.8) is 0 Å². The minimum Gasteiger partial charge on any atom is -0.421 e. The van der Waals surface area contributed by atoms with Crippen molar-refractivity contribution in [1.82, 2.24) is 20.5 Å². The summed E-state index contributed by atoms with van der Waals surface area (Å²) in [7, 11) is 0. The molecule has 1 amide bonds. The van der Waals surface area contributed by atoms with Crippen LogP contribution in [0.4, 0.5) is 0 Å². The van der Waals surface area contributed by atoms with Crippen LogP contribution in [0.25, 0.3) is 22.4 Å². The fourth-order valence-corrected chi connectivity index (χ4v) is 3.26. The van der Waals surface area contributed by atoms with Gasteiger partial charge in [-0.15, -0.1) is 10.2 Å². The Labute approximate surface area is 163 Å². The smallest absolute Gasteiger partial charge is 0.247 e. The Morgan fingerprint density at radius 1 is 1.07 bits per heavy atom. The Morgan fingerprint density at radius 3 is 2.79 bits per heavy atom. The molecule has 0 saturated carbocycles. The molecule has 0 aliphatic rings.